The molecule has 190 valence electrons. The van der Waals surface area contributed by atoms with Crippen LogP contribution in [-0.2, 0) is 6.42 Å². The van der Waals surface area contributed by atoms with Gasteiger partial charge < -0.3 is 4.57 Å². The minimum absolute atomic E-state index is 0.742. The van der Waals surface area contributed by atoms with Crippen LogP contribution in [0.25, 0.3) is 77.2 Å². The maximum absolute atomic E-state index is 5.00. The normalized spacial score (nSPS) is 12.8. The van der Waals surface area contributed by atoms with Crippen LogP contribution in [0.5, 0.6) is 0 Å². The van der Waals surface area contributed by atoms with E-state index in [9.17, 15) is 0 Å². The van der Waals surface area contributed by atoms with Gasteiger partial charge in [0.2, 0.25) is 0 Å². The predicted octanol–water partition coefficient (Wildman–Crippen LogP) is 8.25. The van der Waals surface area contributed by atoms with Crippen LogP contribution in [0, 0.1) is 0 Å². The van der Waals surface area contributed by atoms with Gasteiger partial charge in [-0.15, -0.1) is 0 Å². The number of fused-ring (bicyclic) bond motifs is 15. The van der Waals surface area contributed by atoms with Crippen molar-refractivity contribution in [2.75, 3.05) is 0 Å². The highest BCUT2D eigenvalue weighted by Gasteiger charge is 2.27. The van der Waals surface area contributed by atoms with Crippen LogP contribution in [0.2, 0.25) is 0 Å². The maximum atomic E-state index is 5.00. The summed E-state index contributed by atoms with van der Waals surface area (Å²) in [5.74, 6) is 0. The Labute approximate surface area is 234 Å². The Hall–Kier alpha value is -5.55. The van der Waals surface area contributed by atoms with E-state index in [0.717, 1.165) is 39.7 Å². The van der Waals surface area contributed by atoms with Crippen molar-refractivity contribution in [2.45, 2.75) is 6.42 Å². The molecular formula is C36H21N5. The van der Waals surface area contributed by atoms with Gasteiger partial charge in [0, 0.05) is 39.6 Å². The highest BCUT2D eigenvalue weighted by atomic mass is 15.1. The summed E-state index contributed by atoms with van der Waals surface area (Å²) in [6, 6.07) is 37.1. The third kappa shape index (κ3) is 2.68. The Morgan fingerprint density at radius 3 is 2.32 bits per heavy atom. The zero-order chi connectivity index (χ0) is 26.7. The smallest absolute Gasteiger partial charge is 0.178 e. The van der Waals surface area contributed by atoms with Gasteiger partial charge in [0.1, 0.15) is 11.3 Å². The maximum Gasteiger partial charge on any atom is 0.178 e. The van der Waals surface area contributed by atoms with Gasteiger partial charge in [-0.2, -0.15) is 0 Å². The Bertz CT molecular complexity index is 2550. The lowest BCUT2D eigenvalue weighted by molar-refractivity contribution is 1.18. The third-order valence-electron chi connectivity index (χ3n) is 8.79. The number of benzene rings is 4. The molecule has 0 bridgehead atoms. The summed E-state index contributed by atoms with van der Waals surface area (Å²) in [5.41, 5.74) is 12.5. The van der Waals surface area contributed by atoms with Crippen molar-refractivity contribution < 1.29 is 0 Å². The summed E-state index contributed by atoms with van der Waals surface area (Å²) >= 11 is 0. The van der Waals surface area contributed by atoms with Crippen LogP contribution in [0.4, 0.5) is 0 Å². The first-order valence-corrected chi connectivity index (χ1v) is 13.9. The Morgan fingerprint density at radius 2 is 1.37 bits per heavy atom. The number of rotatable bonds is 1. The summed E-state index contributed by atoms with van der Waals surface area (Å²) in [7, 11) is 0. The lowest BCUT2D eigenvalue weighted by atomic mass is 9.96. The largest absolute Gasteiger partial charge is 0.309 e. The quantitative estimate of drug-likeness (QED) is 0.204. The van der Waals surface area contributed by atoms with Crippen molar-refractivity contribution in [3.63, 3.8) is 0 Å². The summed E-state index contributed by atoms with van der Waals surface area (Å²) in [6.45, 7) is 0. The van der Waals surface area contributed by atoms with E-state index in [2.05, 4.69) is 105 Å². The second-order valence-electron chi connectivity index (χ2n) is 10.9. The topological polar surface area (TPSA) is 48.0 Å². The summed E-state index contributed by atoms with van der Waals surface area (Å²) in [6.07, 6.45) is 4.57. The molecule has 0 N–H and O–H groups in total. The second kappa shape index (κ2) is 7.55. The van der Waals surface area contributed by atoms with Crippen molar-refractivity contribution in [1.82, 2.24) is 23.9 Å². The predicted molar refractivity (Wildman–Crippen MR) is 166 cm³/mol. The van der Waals surface area contributed by atoms with Gasteiger partial charge >= 0.3 is 0 Å². The molecule has 5 nitrogen and oxygen atoms in total. The third-order valence-corrected chi connectivity index (χ3v) is 8.79. The molecule has 5 heterocycles. The van der Waals surface area contributed by atoms with Gasteiger partial charge in [0.15, 0.2) is 5.65 Å². The van der Waals surface area contributed by atoms with Crippen molar-refractivity contribution in [1.29, 1.82) is 0 Å². The SMILES string of the molecule is c1ccc(-n2c3ccccc3c3c4c(ccc32)Cc2cc3c(cc2-4)c2cccnc2n2c4cccnc4nc32)cc1. The van der Waals surface area contributed by atoms with Crippen LogP contribution < -0.4 is 0 Å². The molecule has 0 saturated heterocycles. The molecule has 0 radical (unpaired) electrons. The average molecular weight is 524 g/mol. The van der Waals surface area contributed by atoms with E-state index in [-0.39, 0.29) is 0 Å². The average Bonchev–Trinajstić information content (AvgIpc) is 3.70. The molecule has 1 aliphatic carbocycles. The van der Waals surface area contributed by atoms with Gasteiger partial charge in [-0.25, -0.2) is 15.0 Å². The monoisotopic (exact) mass is 523 g/mol. The van der Waals surface area contributed by atoms with E-state index in [4.69, 9.17) is 9.97 Å². The first-order chi connectivity index (χ1) is 20.3. The van der Waals surface area contributed by atoms with E-state index in [0.29, 0.717) is 0 Å². The molecule has 5 heteroatoms. The molecule has 0 spiro atoms. The molecule has 41 heavy (non-hydrogen) atoms. The van der Waals surface area contributed by atoms with E-state index >= 15 is 0 Å². The Morgan fingerprint density at radius 1 is 0.561 bits per heavy atom. The number of pyridine rings is 3. The molecule has 10 rings (SSSR count). The summed E-state index contributed by atoms with van der Waals surface area (Å²) in [4.78, 5) is 14.4. The molecule has 5 aromatic heterocycles. The number of imidazole rings is 1. The number of hydrogen-bond acceptors (Lipinski definition) is 3. The van der Waals surface area contributed by atoms with Crippen LogP contribution in [0.3, 0.4) is 0 Å². The van der Waals surface area contributed by atoms with Gasteiger partial charge in [-0.3, -0.25) is 4.40 Å². The highest BCUT2D eigenvalue weighted by molar-refractivity contribution is 6.20. The first kappa shape index (κ1) is 21.3. The molecule has 0 saturated carbocycles. The van der Waals surface area contributed by atoms with E-state index in [1.807, 2.05) is 18.3 Å². The van der Waals surface area contributed by atoms with Gasteiger partial charge in [-0.05, 0) is 94.7 Å². The van der Waals surface area contributed by atoms with Crippen LogP contribution >= 0.6 is 0 Å². The zero-order valence-electron chi connectivity index (χ0n) is 21.9. The Kier molecular flexibility index (Phi) is 3.92. The lowest BCUT2D eigenvalue weighted by Crippen LogP contribution is -1.95. The lowest BCUT2D eigenvalue weighted by Gasteiger charge is -2.11. The molecule has 9 aromatic rings. The number of para-hydroxylation sites is 2. The molecule has 4 aromatic carbocycles. The van der Waals surface area contributed by atoms with Gasteiger partial charge in [0.25, 0.3) is 0 Å². The standard InChI is InChI=1S/C36H21N5/c1-2-8-23(9-3-1)40-29-12-5-4-10-25(29)33-30(40)15-14-21-18-22-19-28-27(20-26(22)32(21)33)24-11-6-17-38-35(24)41-31-13-7-16-37-34(31)39-36(28)41/h1-17,19-20H,18H2. The van der Waals surface area contributed by atoms with E-state index in [1.165, 1.54) is 55.1 Å². The molecule has 0 atom stereocenters. The molecule has 1 aliphatic rings. The minimum Gasteiger partial charge on any atom is -0.309 e. The van der Waals surface area contributed by atoms with Crippen LogP contribution in [-0.4, -0.2) is 23.9 Å². The van der Waals surface area contributed by atoms with Crippen molar-refractivity contribution >= 4 is 60.4 Å². The zero-order valence-corrected chi connectivity index (χ0v) is 21.9. The first-order valence-electron chi connectivity index (χ1n) is 13.9. The van der Waals surface area contributed by atoms with Crippen molar-refractivity contribution in [3.05, 3.63) is 127 Å². The minimum atomic E-state index is 0.742. The fraction of sp³-hybridized carbons (Fsp3) is 0.0278. The molecule has 0 fully saturated rings. The molecular weight excluding hydrogens is 502 g/mol. The van der Waals surface area contributed by atoms with Gasteiger partial charge in [0.05, 0.1) is 16.6 Å². The fourth-order valence-corrected chi connectivity index (χ4v) is 7.14. The number of hydrogen-bond donors (Lipinski definition) is 0. The second-order valence-corrected chi connectivity index (χ2v) is 10.9. The molecule has 0 aliphatic heterocycles. The number of aromatic nitrogens is 5. The van der Waals surface area contributed by atoms with Crippen LogP contribution in [0.15, 0.2) is 116 Å². The van der Waals surface area contributed by atoms with Crippen molar-refractivity contribution in [2.24, 2.45) is 0 Å². The summed E-state index contributed by atoms with van der Waals surface area (Å²) in [5, 5.41) is 6.03. The van der Waals surface area contributed by atoms with Crippen LogP contribution in [0.1, 0.15) is 11.1 Å². The Balaban J connectivity index is 1.36. The van der Waals surface area contributed by atoms with E-state index < -0.39 is 0 Å². The summed E-state index contributed by atoms with van der Waals surface area (Å²) < 4.78 is 4.57. The molecule has 0 amide bonds. The highest BCUT2D eigenvalue weighted by Crippen LogP contribution is 2.47. The fourth-order valence-electron chi connectivity index (χ4n) is 7.14. The van der Waals surface area contributed by atoms with Crippen molar-refractivity contribution in [3.8, 4) is 16.8 Å². The number of nitrogens with zero attached hydrogens (tertiary/aromatic N) is 5. The molecule has 0 unspecified atom stereocenters. The van der Waals surface area contributed by atoms with E-state index in [1.54, 1.807) is 6.20 Å². The van der Waals surface area contributed by atoms with Gasteiger partial charge in [-0.1, -0.05) is 42.5 Å².